The van der Waals surface area contributed by atoms with E-state index in [0.717, 1.165) is 10.5 Å². The van der Waals surface area contributed by atoms with Gasteiger partial charge in [0.1, 0.15) is 18.5 Å². The van der Waals surface area contributed by atoms with Crippen molar-refractivity contribution in [1.82, 2.24) is 14.7 Å². The molecule has 0 bridgehead atoms. The van der Waals surface area contributed by atoms with Crippen molar-refractivity contribution in [2.75, 3.05) is 27.2 Å². The molecule has 0 saturated carbocycles. The standard InChI is InChI=1S/C17H23N5O4/c1-10-5-4-6-12(7-10)26-9-11(23)8-22-13-14(19-16(22)18)20(2)17(25)21(3)15(13)24/h4-7,11,13-14,23H,8-9H2,1-3H3,(H2,18,19)/t11-,13+,14+/m1/s1. The van der Waals surface area contributed by atoms with Gasteiger partial charge in [0.2, 0.25) is 0 Å². The molecule has 1 saturated heterocycles. The van der Waals surface area contributed by atoms with Crippen molar-refractivity contribution in [2.24, 2.45) is 10.7 Å². The lowest BCUT2D eigenvalue weighted by molar-refractivity contribution is -0.136. The van der Waals surface area contributed by atoms with E-state index in [1.165, 1.54) is 16.8 Å². The Morgan fingerprint density at radius 3 is 2.77 bits per heavy atom. The fraction of sp³-hybridized carbons (Fsp3) is 0.471. The van der Waals surface area contributed by atoms with Gasteiger partial charge in [0.15, 0.2) is 18.2 Å². The summed E-state index contributed by atoms with van der Waals surface area (Å²) >= 11 is 0. The predicted octanol–water partition coefficient (Wildman–Crippen LogP) is -0.416. The molecule has 3 amide bonds. The Labute approximate surface area is 151 Å². The van der Waals surface area contributed by atoms with E-state index in [9.17, 15) is 14.7 Å². The highest BCUT2D eigenvalue weighted by atomic mass is 16.5. The van der Waals surface area contributed by atoms with Crippen LogP contribution in [0.25, 0.3) is 0 Å². The summed E-state index contributed by atoms with van der Waals surface area (Å²) in [6.07, 6.45) is -1.57. The third-order valence-corrected chi connectivity index (χ3v) is 4.59. The number of likely N-dealkylation sites (N-methyl/N-ethyl adjacent to an activating group) is 2. The largest absolute Gasteiger partial charge is 0.491 e. The summed E-state index contributed by atoms with van der Waals surface area (Å²) in [6.45, 7) is 2.07. The quantitative estimate of drug-likeness (QED) is 0.737. The lowest BCUT2D eigenvalue weighted by Gasteiger charge is -2.40. The van der Waals surface area contributed by atoms with Crippen LogP contribution >= 0.6 is 0 Å². The third-order valence-electron chi connectivity index (χ3n) is 4.59. The number of carbonyl (C=O) groups excluding carboxylic acids is 2. The fourth-order valence-corrected chi connectivity index (χ4v) is 3.17. The second kappa shape index (κ2) is 6.83. The van der Waals surface area contributed by atoms with Crippen LogP contribution in [0.2, 0.25) is 0 Å². The zero-order chi connectivity index (χ0) is 19.0. The second-order valence-electron chi connectivity index (χ2n) is 6.57. The molecule has 3 atom stereocenters. The van der Waals surface area contributed by atoms with Gasteiger partial charge in [-0.2, -0.15) is 0 Å². The lowest BCUT2D eigenvalue weighted by Crippen LogP contribution is -2.65. The van der Waals surface area contributed by atoms with Crippen LogP contribution in [-0.2, 0) is 4.79 Å². The van der Waals surface area contributed by atoms with Crippen LogP contribution in [0.1, 0.15) is 5.56 Å². The van der Waals surface area contributed by atoms with Crippen molar-refractivity contribution >= 4 is 17.9 Å². The number of amides is 3. The van der Waals surface area contributed by atoms with Crippen LogP contribution in [0.15, 0.2) is 29.3 Å². The van der Waals surface area contributed by atoms with Crippen molar-refractivity contribution in [3.8, 4) is 5.75 Å². The number of ether oxygens (including phenoxy) is 1. The van der Waals surface area contributed by atoms with E-state index in [0.29, 0.717) is 5.75 Å². The Morgan fingerprint density at radius 2 is 2.08 bits per heavy atom. The van der Waals surface area contributed by atoms with Crippen molar-refractivity contribution in [2.45, 2.75) is 25.2 Å². The molecule has 0 aromatic heterocycles. The molecule has 9 nitrogen and oxygen atoms in total. The van der Waals surface area contributed by atoms with Crippen molar-refractivity contribution in [1.29, 1.82) is 0 Å². The Bertz CT molecular complexity index is 752. The number of nitrogens with two attached hydrogens (primary N) is 1. The normalized spacial score (nSPS) is 23.8. The topological polar surface area (TPSA) is 112 Å². The van der Waals surface area contributed by atoms with E-state index >= 15 is 0 Å². The van der Waals surface area contributed by atoms with Crippen LogP contribution in [0, 0.1) is 6.92 Å². The van der Waals surface area contributed by atoms with E-state index in [2.05, 4.69) is 4.99 Å². The van der Waals surface area contributed by atoms with Gasteiger partial charge in [-0.15, -0.1) is 0 Å². The van der Waals surface area contributed by atoms with Gasteiger partial charge in [-0.25, -0.2) is 9.79 Å². The zero-order valence-electron chi connectivity index (χ0n) is 15.0. The number of imide groups is 1. The summed E-state index contributed by atoms with van der Waals surface area (Å²) in [5.41, 5.74) is 7.00. The van der Waals surface area contributed by atoms with Gasteiger partial charge >= 0.3 is 6.03 Å². The highest BCUT2D eigenvalue weighted by Crippen LogP contribution is 2.26. The first-order valence-corrected chi connectivity index (χ1v) is 8.31. The summed E-state index contributed by atoms with van der Waals surface area (Å²) in [5, 5.41) is 10.3. The molecule has 2 heterocycles. The predicted molar refractivity (Wildman–Crippen MR) is 94.5 cm³/mol. The highest BCUT2D eigenvalue weighted by Gasteiger charge is 2.50. The van der Waals surface area contributed by atoms with Gasteiger partial charge in [-0.3, -0.25) is 9.69 Å². The molecule has 140 valence electrons. The van der Waals surface area contributed by atoms with Crippen LogP contribution < -0.4 is 10.5 Å². The number of hydrogen-bond donors (Lipinski definition) is 2. The van der Waals surface area contributed by atoms with Gasteiger partial charge < -0.3 is 25.4 Å². The molecule has 26 heavy (non-hydrogen) atoms. The van der Waals surface area contributed by atoms with E-state index in [4.69, 9.17) is 10.5 Å². The van der Waals surface area contributed by atoms with Gasteiger partial charge in [0.25, 0.3) is 5.91 Å². The number of rotatable bonds is 5. The molecule has 0 aliphatic carbocycles. The average Bonchev–Trinajstić information content (AvgIpc) is 2.93. The first-order valence-electron chi connectivity index (χ1n) is 8.31. The number of aliphatic hydroxyl groups excluding tert-OH is 1. The Kier molecular flexibility index (Phi) is 4.73. The molecule has 9 heteroatoms. The van der Waals surface area contributed by atoms with E-state index in [-0.39, 0.29) is 19.1 Å². The van der Waals surface area contributed by atoms with Crippen LogP contribution in [0.5, 0.6) is 5.75 Å². The molecule has 2 aliphatic heterocycles. The van der Waals surface area contributed by atoms with E-state index in [1.54, 1.807) is 7.05 Å². The number of benzene rings is 1. The van der Waals surface area contributed by atoms with Crippen molar-refractivity contribution < 1.29 is 19.4 Å². The first kappa shape index (κ1) is 18.0. The summed E-state index contributed by atoms with van der Waals surface area (Å²) in [4.78, 5) is 32.7. The monoisotopic (exact) mass is 361 g/mol. The second-order valence-corrected chi connectivity index (χ2v) is 6.57. The lowest BCUT2D eigenvalue weighted by atomic mass is 10.1. The van der Waals surface area contributed by atoms with Crippen LogP contribution in [-0.4, -0.2) is 83.3 Å². The molecule has 3 rings (SSSR count). The third kappa shape index (κ3) is 3.17. The minimum Gasteiger partial charge on any atom is -0.491 e. The number of carbonyl (C=O) groups is 2. The molecule has 0 spiro atoms. The number of fused-ring (bicyclic) bond motifs is 1. The molecule has 2 aliphatic rings. The molecule has 3 N–H and O–H groups in total. The average molecular weight is 361 g/mol. The van der Waals surface area contributed by atoms with E-state index in [1.807, 2.05) is 31.2 Å². The van der Waals surface area contributed by atoms with Gasteiger partial charge in [0.05, 0.1) is 6.54 Å². The molecule has 0 unspecified atom stereocenters. The maximum atomic E-state index is 12.5. The fourth-order valence-electron chi connectivity index (χ4n) is 3.17. The highest BCUT2D eigenvalue weighted by molar-refractivity contribution is 6.03. The Morgan fingerprint density at radius 1 is 1.35 bits per heavy atom. The van der Waals surface area contributed by atoms with Gasteiger partial charge in [-0.1, -0.05) is 12.1 Å². The SMILES string of the molecule is Cc1cccc(OC[C@H](O)CN2C(N)=N[C@@H]3[C@H]2C(=O)N(C)C(=O)N3C)c1. The molecule has 1 aromatic carbocycles. The number of β-amino-alcohol motifs (C(OH)–C–C–N with tert-alkyl or cyclic N) is 1. The Hall–Kier alpha value is -2.81. The summed E-state index contributed by atoms with van der Waals surface area (Å²) in [5.74, 6) is 0.385. The molecule has 1 aromatic rings. The minimum absolute atomic E-state index is 0.0451. The van der Waals surface area contributed by atoms with Crippen LogP contribution in [0.4, 0.5) is 4.79 Å². The first-order chi connectivity index (χ1) is 12.3. The number of aryl methyl sites for hydroxylation is 1. The molecule has 0 radical (unpaired) electrons. The van der Waals surface area contributed by atoms with Crippen molar-refractivity contribution in [3.05, 3.63) is 29.8 Å². The molecule has 1 fully saturated rings. The van der Waals surface area contributed by atoms with E-state index < -0.39 is 30.2 Å². The smallest absolute Gasteiger partial charge is 0.328 e. The summed E-state index contributed by atoms with van der Waals surface area (Å²) in [7, 11) is 2.99. The summed E-state index contributed by atoms with van der Waals surface area (Å²) in [6, 6.07) is 6.33. The maximum Gasteiger partial charge on any atom is 0.328 e. The van der Waals surface area contributed by atoms with Crippen molar-refractivity contribution in [3.63, 3.8) is 0 Å². The van der Waals surface area contributed by atoms with Gasteiger partial charge in [0, 0.05) is 14.1 Å². The number of urea groups is 1. The zero-order valence-corrected chi connectivity index (χ0v) is 15.0. The number of hydrogen-bond acceptors (Lipinski definition) is 7. The molecular weight excluding hydrogens is 338 g/mol. The number of aliphatic imine (C=N–C) groups is 1. The molecular formula is C17H23N5O4. The number of aliphatic hydroxyl groups is 1. The number of nitrogens with zero attached hydrogens (tertiary/aromatic N) is 4. The van der Waals surface area contributed by atoms with Gasteiger partial charge in [-0.05, 0) is 24.6 Å². The maximum absolute atomic E-state index is 12.5. The van der Waals surface area contributed by atoms with Crippen LogP contribution in [0.3, 0.4) is 0 Å². The minimum atomic E-state index is -0.885. The summed E-state index contributed by atoms with van der Waals surface area (Å²) < 4.78 is 5.60. The number of guanidine groups is 1. The Balaban J connectivity index is 1.66.